The standard InChI is InChI=1S/C14H22BrNO/c1-4-5-14(17-3)13(16-2)10-11-6-8-12(15)9-7-11/h6-9,13-14,16H,4-5,10H2,1-3H3. The molecule has 2 unspecified atom stereocenters. The summed E-state index contributed by atoms with van der Waals surface area (Å²) in [4.78, 5) is 0. The predicted octanol–water partition coefficient (Wildman–Crippen LogP) is 3.39. The van der Waals surface area contributed by atoms with E-state index in [0.717, 1.165) is 23.7 Å². The summed E-state index contributed by atoms with van der Waals surface area (Å²) in [6.07, 6.45) is 3.53. The van der Waals surface area contributed by atoms with Crippen molar-refractivity contribution in [3.63, 3.8) is 0 Å². The summed E-state index contributed by atoms with van der Waals surface area (Å²) >= 11 is 3.46. The van der Waals surface area contributed by atoms with Crippen molar-refractivity contribution in [3.8, 4) is 0 Å². The molecule has 1 aromatic rings. The molecule has 0 aromatic heterocycles. The van der Waals surface area contributed by atoms with E-state index in [4.69, 9.17) is 4.74 Å². The Morgan fingerprint density at radius 1 is 1.29 bits per heavy atom. The second-order valence-corrected chi connectivity index (χ2v) is 5.20. The second-order valence-electron chi connectivity index (χ2n) is 4.29. The van der Waals surface area contributed by atoms with Crippen molar-refractivity contribution in [3.05, 3.63) is 34.3 Å². The van der Waals surface area contributed by atoms with Gasteiger partial charge in [0, 0.05) is 17.6 Å². The van der Waals surface area contributed by atoms with Crippen LogP contribution < -0.4 is 5.32 Å². The molecule has 0 aliphatic carbocycles. The van der Waals surface area contributed by atoms with E-state index in [0.29, 0.717) is 6.04 Å². The third-order valence-corrected chi connectivity index (χ3v) is 3.59. The first kappa shape index (κ1) is 14.7. The zero-order valence-corrected chi connectivity index (χ0v) is 12.5. The van der Waals surface area contributed by atoms with Crippen LogP contribution in [0, 0.1) is 0 Å². The predicted molar refractivity (Wildman–Crippen MR) is 76.4 cm³/mol. The molecule has 0 saturated heterocycles. The number of hydrogen-bond acceptors (Lipinski definition) is 2. The van der Waals surface area contributed by atoms with Gasteiger partial charge in [-0.15, -0.1) is 0 Å². The van der Waals surface area contributed by atoms with Crippen molar-refractivity contribution in [1.82, 2.24) is 5.32 Å². The number of ether oxygens (including phenoxy) is 1. The molecule has 2 nitrogen and oxygen atoms in total. The number of methoxy groups -OCH3 is 1. The highest BCUT2D eigenvalue weighted by atomic mass is 79.9. The van der Waals surface area contributed by atoms with Gasteiger partial charge in [-0.25, -0.2) is 0 Å². The van der Waals surface area contributed by atoms with E-state index in [1.807, 2.05) is 7.05 Å². The fourth-order valence-electron chi connectivity index (χ4n) is 2.06. The molecule has 96 valence electrons. The fourth-order valence-corrected chi connectivity index (χ4v) is 2.33. The minimum atomic E-state index is 0.286. The Kier molecular flexibility index (Phi) is 6.78. The molecule has 0 saturated carbocycles. The largest absolute Gasteiger partial charge is 0.380 e. The summed E-state index contributed by atoms with van der Waals surface area (Å²) in [5.41, 5.74) is 1.34. The monoisotopic (exact) mass is 299 g/mol. The third kappa shape index (κ3) is 4.78. The number of hydrogen-bond donors (Lipinski definition) is 1. The summed E-state index contributed by atoms with van der Waals surface area (Å²) < 4.78 is 6.69. The maximum Gasteiger partial charge on any atom is 0.0727 e. The molecule has 0 fully saturated rings. The summed E-state index contributed by atoms with van der Waals surface area (Å²) in [5.74, 6) is 0. The van der Waals surface area contributed by atoms with E-state index in [1.165, 1.54) is 5.56 Å². The van der Waals surface area contributed by atoms with Crippen LogP contribution in [0.3, 0.4) is 0 Å². The zero-order chi connectivity index (χ0) is 12.7. The first-order chi connectivity index (χ1) is 8.21. The summed E-state index contributed by atoms with van der Waals surface area (Å²) in [6.45, 7) is 2.19. The smallest absolute Gasteiger partial charge is 0.0727 e. The Bertz CT molecular complexity index is 313. The number of nitrogens with one attached hydrogen (secondary N) is 1. The van der Waals surface area contributed by atoms with E-state index >= 15 is 0 Å². The zero-order valence-electron chi connectivity index (χ0n) is 10.9. The lowest BCUT2D eigenvalue weighted by atomic mass is 9.98. The van der Waals surface area contributed by atoms with Crippen LogP contribution in [0.1, 0.15) is 25.3 Å². The van der Waals surface area contributed by atoms with Crippen LogP contribution in [0.4, 0.5) is 0 Å². The number of benzene rings is 1. The van der Waals surface area contributed by atoms with Gasteiger partial charge in [0.25, 0.3) is 0 Å². The SMILES string of the molecule is CCCC(OC)C(Cc1ccc(Br)cc1)NC. The number of halogens is 1. The van der Waals surface area contributed by atoms with Gasteiger partial charge in [0.15, 0.2) is 0 Å². The molecule has 0 heterocycles. The molecule has 3 heteroatoms. The Hall–Kier alpha value is -0.380. The highest BCUT2D eigenvalue weighted by Gasteiger charge is 2.18. The molecular weight excluding hydrogens is 278 g/mol. The number of rotatable bonds is 7. The van der Waals surface area contributed by atoms with E-state index in [1.54, 1.807) is 7.11 Å². The van der Waals surface area contributed by atoms with Crippen molar-refractivity contribution >= 4 is 15.9 Å². The molecule has 0 amide bonds. The molecule has 1 aromatic carbocycles. The van der Waals surface area contributed by atoms with Crippen LogP contribution in [0.5, 0.6) is 0 Å². The Labute approximate surface area is 113 Å². The Balaban J connectivity index is 2.64. The van der Waals surface area contributed by atoms with Gasteiger partial charge >= 0.3 is 0 Å². The Morgan fingerprint density at radius 3 is 2.41 bits per heavy atom. The lowest BCUT2D eigenvalue weighted by Crippen LogP contribution is -2.40. The van der Waals surface area contributed by atoms with Crippen molar-refractivity contribution in [2.45, 2.75) is 38.3 Å². The fraction of sp³-hybridized carbons (Fsp3) is 0.571. The first-order valence-corrected chi connectivity index (χ1v) is 6.95. The summed E-state index contributed by atoms with van der Waals surface area (Å²) in [6, 6.07) is 8.87. The molecule has 17 heavy (non-hydrogen) atoms. The lowest BCUT2D eigenvalue weighted by molar-refractivity contribution is 0.0633. The third-order valence-electron chi connectivity index (χ3n) is 3.06. The van der Waals surface area contributed by atoms with E-state index in [9.17, 15) is 0 Å². The Morgan fingerprint density at radius 2 is 1.94 bits per heavy atom. The first-order valence-electron chi connectivity index (χ1n) is 6.15. The summed E-state index contributed by atoms with van der Waals surface area (Å²) in [7, 11) is 3.80. The van der Waals surface area contributed by atoms with Gasteiger partial charge in [0.1, 0.15) is 0 Å². The van der Waals surface area contributed by atoms with Crippen molar-refractivity contribution in [2.24, 2.45) is 0 Å². The van der Waals surface area contributed by atoms with Crippen LogP contribution in [-0.4, -0.2) is 26.3 Å². The molecule has 1 N–H and O–H groups in total. The van der Waals surface area contributed by atoms with Gasteiger partial charge in [-0.05, 0) is 37.6 Å². The second kappa shape index (κ2) is 7.85. The highest BCUT2D eigenvalue weighted by Crippen LogP contribution is 2.15. The average Bonchev–Trinajstić information content (AvgIpc) is 2.36. The lowest BCUT2D eigenvalue weighted by Gasteiger charge is -2.25. The van der Waals surface area contributed by atoms with Gasteiger partial charge in [-0.3, -0.25) is 0 Å². The van der Waals surface area contributed by atoms with E-state index in [-0.39, 0.29) is 6.10 Å². The van der Waals surface area contributed by atoms with Gasteiger partial charge in [-0.1, -0.05) is 41.4 Å². The minimum Gasteiger partial charge on any atom is -0.380 e. The van der Waals surface area contributed by atoms with Crippen molar-refractivity contribution in [2.75, 3.05) is 14.2 Å². The molecule has 0 spiro atoms. The van der Waals surface area contributed by atoms with Crippen molar-refractivity contribution in [1.29, 1.82) is 0 Å². The van der Waals surface area contributed by atoms with Crippen molar-refractivity contribution < 1.29 is 4.74 Å². The molecule has 2 atom stereocenters. The van der Waals surface area contributed by atoms with Gasteiger partial charge in [0.05, 0.1) is 6.10 Å². The van der Waals surface area contributed by atoms with Gasteiger partial charge in [-0.2, -0.15) is 0 Å². The van der Waals surface area contributed by atoms with E-state index < -0.39 is 0 Å². The van der Waals surface area contributed by atoms with Crippen LogP contribution in [0.15, 0.2) is 28.7 Å². The van der Waals surface area contributed by atoms with Crippen LogP contribution >= 0.6 is 15.9 Å². The van der Waals surface area contributed by atoms with Gasteiger partial charge in [0.2, 0.25) is 0 Å². The molecular formula is C14H22BrNO. The maximum atomic E-state index is 5.57. The van der Waals surface area contributed by atoms with Crippen LogP contribution in [-0.2, 0) is 11.2 Å². The molecule has 0 radical (unpaired) electrons. The maximum absolute atomic E-state index is 5.57. The molecule has 0 bridgehead atoms. The van der Waals surface area contributed by atoms with Gasteiger partial charge < -0.3 is 10.1 Å². The molecule has 0 aliphatic heterocycles. The van der Waals surface area contributed by atoms with Crippen LogP contribution in [0.2, 0.25) is 0 Å². The topological polar surface area (TPSA) is 21.3 Å². The average molecular weight is 300 g/mol. The number of likely N-dealkylation sites (N-methyl/N-ethyl adjacent to an activating group) is 1. The van der Waals surface area contributed by atoms with Crippen LogP contribution in [0.25, 0.3) is 0 Å². The normalized spacial score (nSPS) is 14.6. The summed E-state index contributed by atoms with van der Waals surface area (Å²) in [5, 5.41) is 3.36. The molecule has 1 rings (SSSR count). The quantitative estimate of drug-likeness (QED) is 0.833. The highest BCUT2D eigenvalue weighted by molar-refractivity contribution is 9.10. The van der Waals surface area contributed by atoms with E-state index in [2.05, 4.69) is 52.4 Å². The molecule has 0 aliphatic rings. The minimum absolute atomic E-state index is 0.286.